The molecule has 0 unspecified atom stereocenters. The van der Waals surface area contributed by atoms with E-state index in [0.29, 0.717) is 6.04 Å². The molecule has 2 nitrogen and oxygen atoms in total. The van der Waals surface area contributed by atoms with E-state index in [1.807, 2.05) is 13.8 Å². The van der Waals surface area contributed by atoms with Crippen molar-refractivity contribution in [3.05, 3.63) is 0 Å². The van der Waals surface area contributed by atoms with Crippen LogP contribution < -0.4 is 11.1 Å². The second kappa shape index (κ2) is 2.67. The van der Waals surface area contributed by atoms with Crippen molar-refractivity contribution in [2.45, 2.75) is 19.9 Å². The Bertz CT molecular complexity index is 70.1. The average Bonchev–Trinajstić information content (AvgIpc) is 1.27. The summed E-state index contributed by atoms with van der Waals surface area (Å²) in [6, 6.07) is 0.338. The van der Waals surface area contributed by atoms with Crippen LogP contribution >= 0.6 is 0 Å². The summed E-state index contributed by atoms with van der Waals surface area (Å²) in [4.78, 5) is 0. The SMILES string of the molecule is [B]=C(N)NC(C)C. The molecular formula is C4H10BN2. The zero-order valence-electron chi connectivity index (χ0n) is 4.73. The molecule has 0 saturated heterocycles. The molecule has 0 saturated carbocycles. The fourth-order valence-electron chi connectivity index (χ4n) is 0.333. The first-order chi connectivity index (χ1) is 3.13. The van der Waals surface area contributed by atoms with E-state index in [1.165, 1.54) is 0 Å². The molecule has 0 aromatic heterocycles. The van der Waals surface area contributed by atoms with Gasteiger partial charge in [-0.3, -0.25) is 0 Å². The molecule has 0 aromatic rings. The number of hydrogen-bond donors (Lipinski definition) is 2. The van der Waals surface area contributed by atoms with Gasteiger partial charge in [0.2, 0.25) is 0 Å². The molecule has 0 rings (SSSR count). The molecule has 1 radical (unpaired) electrons. The van der Waals surface area contributed by atoms with Gasteiger partial charge in [0.05, 0.1) is 0 Å². The van der Waals surface area contributed by atoms with Crippen LogP contribution in [0.3, 0.4) is 0 Å². The zero-order valence-corrected chi connectivity index (χ0v) is 4.73. The van der Waals surface area contributed by atoms with Gasteiger partial charge in [0.1, 0.15) is 0 Å². The summed E-state index contributed by atoms with van der Waals surface area (Å²) in [6.45, 7) is 3.94. The number of nitrogens with one attached hydrogen (secondary N) is 1. The van der Waals surface area contributed by atoms with Crippen LogP contribution in [-0.4, -0.2) is 19.2 Å². The van der Waals surface area contributed by atoms with Gasteiger partial charge < -0.3 is 0 Å². The average molecular weight is 96.9 g/mol. The van der Waals surface area contributed by atoms with Crippen molar-refractivity contribution in [1.82, 2.24) is 5.32 Å². The van der Waals surface area contributed by atoms with E-state index in [4.69, 9.17) is 13.2 Å². The fraction of sp³-hybridized carbons (Fsp3) is 0.750. The van der Waals surface area contributed by atoms with Crippen LogP contribution in [0.4, 0.5) is 0 Å². The Balaban J connectivity index is 3.13. The summed E-state index contributed by atoms with van der Waals surface area (Å²) in [6.07, 6.45) is 0. The molecule has 0 aliphatic carbocycles. The van der Waals surface area contributed by atoms with E-state index in [-0.39, 0.29) is 5.71 Å². The molecule has 0 heterocycles. The van der Waals surface area contributed by atoms with Crippen LogP contribution in [-0.2, 0) is 0 Å². The maximum atomic E-state index is 5.08. The van der Waals surface area contributed by atoms with Crippen LogP contribution in [0.25, 0.3) is 0 Å². The molecule has 3 heteroatoms. The van der Waals surface area contributed by atoms with Crippen LogP contribution in [0, 0.1) is 0 Å². The van der Waals surface area contributed by atoms with Gasteiger partial charge in [-0.2, -0.15) is 0 Å². The molecular weight excluding hydrogens is 86.9 g/mol. The summed E-state index contributed by atoms with van der Waals surface area (Å²) in [5, 5.41) is 2.78. The molecule has 0 aromatic carbocycles. The minimum atomic E-state index is 0.287. The molecule has 0 aliphatic rings. The Morgan fingerprint density at radius 3 is 2.14 bits per heavy atom. The molecule has 0 amide bonds. The summed E-state index contributed by atoms with van der Waals surface area (Å²) < 4.78 is 0. The third-order valence-electron chi connectivity index (χ3n) is 0.455. The Morgan fingerprint density at radius 1 is 1.71 bits per heavy atom. The zero-order chi connectivity index (χ0) is 5.86. The Morgan fingerprint density at radius 2 is 2.14 bits per heavy atom. The maximum absolute atomic E-state index is 5.08. The summed E-state index contributed by atoms with van der Waals surface area (Å²) in [7, 11) is 5.08. The van der Waals surface area contributed by atoms with E-state index < -0.39 is 0 Å². The first-order valence-electron chi connectivity index (χ1n) is 2.27. The Kier molecular flexibility index (Phi) is 2.49. The monoisotopic (exact) mass is 97.1 g/mol. The van der Waals surface area contributed by atoms with Gasteiger partial charge in [0.25, 0.3) is 0 Å². The molecule has 3 N–H and O–H groups in total. The summed E-state index contributed by atoms with van der Waals surface area (Å²) >= 11 is 0. The quantitative estimate of drug-likeness (QED) is 0.442. The van der Waals surface area contributed by atoms with Gasteiger partial charge >= 0.3 is 44.1 Å². The van der Waals surface area contributed by atoms with Gasteiger partial charge in [0.15, 0.2) is 0 Å². The standard InChI is InChI=1S/C4H10BN2/c1-3(2)7-4(5)6/h3,7H,6H2,1-2H3. The van der Waals surface area contributed by atoms with Gasteiger partial charge in [-0.25, -0.2) is 0 Å². The number of hydrogen-bond acceptors (Lipinski definition) is 2. The van der Waals surface area contributed by atoms with Crippen molar-refractivity contribution in [2.24, 2.45) is 5.73 Å². The number of rotatable bonds is 2. The molecule has 0 atom stereocenters. The van der Waals surface area contributed by atoms with E-state index in [1.54, 1.807) is 0 Å². The minimum absolute atomic E-state index is 0.287. The van der Waals surface area contributed by atoms with Gasteiger partial charge in [-0.1, -0.05) is 0 Å². The van der Waals surface area contributed by atoms with E-state index in [9.17, 15) is 0 Å². The van der Waals surface area contributed by atoms with Crippen molar-refractivity contribution >= 4 is 13.2 Å². The van der Waals surface area contributed by atoms with E-state index >= 15 is 0 Å². The van der Waals surface area contributed by atoms with Crippen LogP contribution in [0.1, 0.15) is 13.8 Å². The third-order valence-corrected chi connectivity index (χ3v) is 0.455. The second-order valence-corrected chi connectivity index (χ2v) is 1.75. The van der Waals surface area contributed by atoms with E-state index in [2.05, 4.69) is 5.32 Å². The Labute approximate surface area is 45.2 Å². The number of nitrogens with two attached hydrogens (primary N) is 1. The van der Waals surface area contributed by atoms with Crippen molar-refractivity contribution in [3.8, 4) is 0 Å². The van der Waals surface area contributed by atoms with Crippen molar-refractivity contribution in [1.29, 1.82) is 0 Å². The molecule has 0 spiro atoms. The predicted octanol–water partition coefficient (Wildman–Crippen LogP) is -0.801. The van der Waals surface area contributed by atoms with Crippen molar-refractivity contribution in [3.63, 3.8) is 0 Å². The predicted molar refractivity (Wildman–Crippen MR) is 33.2 cm³/mol. The van der Waals surface area contributed by atoms with Crippen molar-refractivity contribution < 1.29 is 0 Å². The third kappa shape index (κ3) is 5.53. The first-order valence-corrected chi connectivity index (χ1v) is 2.27. The van der Waals surface area contributed by atoms with Crippen LogP contribution in [0.5, 0.6) is 0 Å². The van der Waals surface area contributed by atoms with Gasteiger partial charge in [-0.05, 0) is 0 Å². The normalized spacial score (nSPS) is 8.86. The molecule has 0 fully saturated rings. The molecule has 0 aliphatic heterocycles. The topological polar surface area (TPSA) is 38.0 Å². The summed E-state index contributed by atoms with van der Waals surface area (Å²) in [5.41, 5.74) is 5.36. The fourth-order valence-corrected chi connectivity index (χ4v) is 0.333. The van der Waals surface area contributed by atoms with Gasteiger partial charge in [-0.15, -0.1) is 0 Å². The molecule has 39 valence electrons. The Hall–Kier alpha value is -0.465. The van der Waals surface area contributed by atoms with Crippen LogP contribution in [0.15, 0.2) is 0 Å². The summed E-state index contributed by atoms with van der Waals surface area (Å²) in [5.74, 6) is 0. The van der Waals surface area contributed by atoms with Crippen molar-refractivity contribution in [2.75, 3.05) is 0 Å². The molecule has 7 heavy (non-hydrogen) atoms. The molecule has 0 bridgehead atoms. The van der Waals surface area contributed by atoms with Gasteiger partial charge in [0, 0.05) is 0 Å². The van der Waals surface area contributed by atoms with E-state index in [0.717, 1.165) is 0 Å². The first kappa shape index (κ1) is 6.53. The van der Waals surface area contributed by atoms with Crippen LogP contribution in [0.2, 0.25) is 0 Å². The second-order valence-electron chi connectivity index (χ2n) is 1.75.